The zero-order valence-electron chi connectivity index (χ0n) is 5.00. The summed E-state index contributed by atoms with van der Waals surface area (Å²) in [6.07, 6.45) is 3.13. The molecule has 0 saturated carbocycles. The molecule has 2 nitrogen and oxygen atoms in total. The van der Waals surface area contributed by atoms with E-state index in [9.17, 15) is 4.79 Å². The first kappa shape index (κ1) is 6.81. The van der Waals surface area contributed by atoms with E-state index in [0.717, 1.165) is 0 Å². The molecule has 1 aliphatic heterocycles. The van der Waals surface area contributed by atoms with E-state index < -0.39 is 0 Å². The van der Waals surface area contributed by atoms with Crippen LogP contribution in [0.4, 0.5) is 0 Å². The Labute approximate surface area is 62.0 Å². The number of carbonyl (C=O) groups is 1. The molecule has 1 heterocycles. The smallest absolute Gasteiger partial charge is 0.331 e. The fourth-order valence-corrected chi connectivity index (χ4v) is 0.917. The molecule has 0 aromatic rings. The SMILES string of the molecule is C[C@@H](Br)C1C=CC(=O)O1. The summed E-state index contributed by atoms with van der Waals surface area (Å²) in [6, 6.07) is 0. The maximum atomic E-state index is 10.4. The van der Waals surface area contributed by atoms with E-state index in [1.165, 1.54) is 6.08 Å². The Hall–Kier alpha value is -0.310. The summed E-state index contributed by atoms with van der Waals surface area (Å²) in [4.78, 5) is 10.6. The Bertz CT molecular complexity index is 151. The topological polar surface area (TPSA) is 26.3 Å². The van der Waals surface area contributed by atoms with Crippen molar-refractivity contribution in [3.63, 3.8) is 0 Å². The number of alkyl halides is 1. The average molecular weight is 191 g/mol. The van der Waals surface area contributed by atoms with E-state index in [4.69, 9.17) is 4.74 Å². The maximum Gasteiger partial charge on any atom is 0.331 e. The first-order chi connectivity index (χ1) is 4.20. The molecule has 0 aromatic carbocycles. The summed E-state index contributed by atoms with van der Waals surface area (Å²) in [7, 11) is 0. The van der Waals surface area contributed by atoms with Crippen LogP contribution in [0.2, 0.25) is 0 Å². The van der Waals surface area contributed by atoms with Crippen LogP contribution in [0.3, 0.4) is 0 Å². The third-order valence-electron chi connectivity index (χ3n) is 1.13. The Morgan fingerprint density at radius 3 is 2.78 bits per heavy atom. The molecule has 0 amide bonds. The van der Waals surface area contributed by atoms with Crippen LogP contribution in [-0.4, -0.2) is 16.9 Å². The molecular formula is C6H7BrO2. The number of cyclic esters (lactones) is 1. The minimum Gasteiger partial charge on any atom is -0.454 e. The van der Waals surface area contributed by atoms with E-state index in [0.29, 0.717) is 0 Å². The zero-order chi connectivity index (χ0) is 6.85. The molecule has 0 radical (unpaired) electrons. The molecule has 3 heteroatoms. The second-order valence-corrected chi connectivity index (χ2v) is 3.38. The quantitative estimate of drug-likeness (QED) is 0.460. The van der Waals surface area contributed by atoms with Gasteiger partial charge in [-0.05, 0) is 13.0 Å². The third-order valence-corrected chi connectivity index (χ3v) is 1.65. The van der Waals surface area contributed by atoms with Crippen molar-refractivity contribution in [3.8, 4) is 0 Å². The average Bonchev–Trinajstić information content (AvgIpc) is 2.14. The van der Waals surface area contributed by atoms with Gasteiger partial charge >= 0.3 is 5.97 Å². The highest BCUT2D eigenvalue weighted by atomic mass is 79.9. The van der Waals surface area contributed by atoms with E-state index in [1.54, 1.807) is 6.08 Å². The van der Waals surface area contributed by atoms with Crippen LogP contribution in [-0.2, 0) is 9.53 Å². The first-order valence-corrected chi connectivity index (χ1v) is 3.64. The van der Waals surface area contributed by atoms with Crippen LogP contribution in [0.25, 0.3) is 0 Å². The van der Waals surface area contributed by atoms with Crippen LogP contribution in [0.1, 0.15) is 6.92 Å². The van der Waals surface area contributed by atoms with Crippen molar-refractivity contribution in [2.75, 3.05) is 0 Å². The molecular weight excluding hydrogens is 184 g/mol. The highest BCUT2D eigenvalue weighted by molar-refractivity contribution is 9.09. The van der Waals surface area contributed by atoms with Gasteiger partial charge in [-0.1, -0.05) is 15.9 Å². The maximum absolute atomic E-state index is 10.4. The molecule has 1 unspecified atom stereocenters. The summed E-state index contributed by atoms with van der Waals surface area (Å²) in [5.74, 6) is -0.244. The number of carbonyl (C=O) groups excluding carboxylic acids is 1. The number of hydrogen-bond acceptors (Lipinski definition) is 2. The van der Waals surface area contributed by atoms with Gasteiger partial charge in [0.15, 0.2) is 0 Å². The Kier molecular flexibility index (Phi) is 1.90. The minimum absolute atomic E-state index is 0.0718. The lowest BCUT2D eigenvalue weighted by atomic mass is 10.3. The Morgan fingerprint density at radius 1 is 1.89 bits per heavy atom. The highest BCUT2D eigenvalue weighted by Crippen LogP contribution is 2.14. The first-order valence-electron chi connectivity index (χ1n) is 2.73. The highest BCUT2D eigenvalue weighted by Gasteiger charge is 2.20. The molecule has 0 fully saturated rings. The van der Waals surface area contributed by atoms with Gasteiger partial charge in [-0.15, -0.1) is 0 Å². The van der Waals surface area contributed by atoms with Crippen LogP contribution < -0.4 is 0 Å². The lowest BCUT2D eigenvalue weighted by Gasteiger charge is -2.08. The van der Waals surface area contributed by atoms with Crippen molar-refractivity contribution in [2.45, 2.75) is 17.9 Å². The zero-order valence-corrected chi connectivity index (χ0v) is 6.59. The van der Waals surface area contributed by atoms with Gasteiger partial charge in [0, 0.05) is 6.08 Å². The van der Waals surface area contributed by atoms with Gasteiger partial charge in [-0.2, -0.15) is 0 Å². The molecule has 1 aliphatic rings. The predicted molar refractivity (Wildman–Crippen MR) is 37.4 cm³/mol. The van der Waals surface area contributed by atoms with Crippen molar-refractivity contribution >= 4 is 21.9 Å². The minimum atomic E-state index is -0.244. The molecule has 2 atom stereocenters. The van der Waals surface area contributed by atoms with Gasteiger partial charge in [-0.3, -0.25) is 0 Å². The van der Waals surface area contributed by atoms with Crippen molar-refractivity contribution in [1.29, 1.82) is 0 Å². The van der Waals surface area contributed by atoms with Gasteiger partial charge in [0.2, 0.25) is 0 Å². The molecule has 0 aliphatic carbocycles. The summed E-state index contributed by atoms with van der Waals surface area (Å²) in [5.41, 5.74) is 0. The summed E-state index contributed by atoms with van der Waals surface area (Å²) < 4.78 is 4.83. The van der Waals surface area contributed by atoms with Crippen LogP contribution in [0.5, 0.6) is 0 Å². The number of ether oxygens (including phenoxy) is 1. The van der Waals surface area contributed by atoms with Gasteiger partial charge in [0.1, 0.15) is 6.10 Å². The predicted octanol–water partition coefficient (Wildman–Crippen LogP) is 1.25. The fourth-order valence-electron chi connectivity index (χ4n) is 0.633. The second kappa shape index (κ2) is 2.52. The molecule has 9 heavy (non-hydrogen) atoms. The van der Waals surface area contributed by atoms with Crippen LogP contribution in [0.15, 0.2) is 12.2 Å². The normalized spacial score (nSPS) is 28.2. The molecule has 1 rings (SSSR count). The molecule has 0 bridgehead atoms. The Morgan fingerprint density at radius 2 is 2.56 bits per heavy atom. The van der Waals surface area contributed by atoms with Crippen molar-refractivity contribution in [3.05, 3.63) is 12.2 Å². The molecule has 0 aromatic heterocycles. The Balaban J connectivity index is 2.50. The number of esters is 1. The monoisotopic (exact) mass is 190 g/mol. The number of halogens is 1. The number of rotatable bonds is 1. The molecule has 0 spiro atoms. The largest absolute Gasteiger partial charge is 0.454 e. The van der Waals surface area contributed by atoms with Gasteiger partial charge < -0.3 is 4.74 Å². The van der Waals surface area contributed by atoms with E-state index >= 15 is 0 Å². The van der Waals surface area contributed by atoms with E-state index in [2.05, 4.69) is 15.9 Å². The van der Waals surface area contributed by atoms with Crippen molar-refractivity contribution < 1.29 is 9.53 Å². The van der Waals surface area contributed by atoms with E-state index in [1.807, 2.05) is 6.92 Å². The summed E-state index contributed by atoms with van der Waals surface area (Å²) in [6.45, 7) is 1.94. The third kappa shape index (κ3) is 1.55. The van der Waals surface area contributed by atoms with Gasteiger partial charge in [-0.25, -0.2) is 4.79 Å². The number of hydrogen-bond donors (Lipinski definition) is 0. The van der Waals surface area contributed by atoms with E-state index in [-0.39, 0.29) is 16.9 Å². The van der Waals surface area contributed by atoms with Gasteiger partial charge in [0.25, 0.3) is 0 Å². The molecule has 50 valence electrons. The molecule has 0 N–H and O–H groups in total. The standard InChI is InChI=1S/C6H7BrO2/c1-4(7)5-2-3-6(8)9-5/h2-5H,1H3/t4-,5?/m1/s1. The summed E-state index contributed by atoms with van der Waals surface area (Å²) in [5, 5.41) is 0. The molecule has 0 saturated heterocycles. The van der Waals surface area contributed by atoms with Crippen molar-refractivity contribution in [2.24, 2.45) is 0 Å². The lowest BCUT2D eigenvalue weighted by Crippen LogP contribution is -2.16. The van der Waals surface area contributed by atoms with Crippen molar-refractivity contribution in [1.82, 2.24) is 0 Å². The van der Waals surface area contributed by atoms with Crippen LogP contribution >= 0.6 is 15.9 Å². The lowest BCUT2D eigenvalue weighted by molar-refractivity contribution is -0.138. The fraction of sp³-hybridized carbons (Fsp3) is 0.500. The second-order valence-electron chi connectivity index (χ2n) is 1.94. The van der Waals surface area contributed by atoms with Crippen LogP contribution in [0, 0.1) is 0 Å². The summed E-state index contributed by atoms with van der Waals surface area (Å²) >= 11 is 3.30. The van der Waals surface area contributed by atoms with Gasteiger partial charge in [0.05, 0.1) is 4.83 Å².